The van der Waals surface area contributed by atoms with Crippen molar-refractivity contribution >= 4 is 23.3 Å². The van der Waals surface area contributed by atoms with Crippen LogP contribution in [0, 0.1) is 0 Å². The number of benzene rings is 1. The number of carbonyl (C=O) groups is 1. The second-order valence-corrected chi connectivity index (χ2v) is 5.97. The highest BCUT2D eigenvalue weighted by Crippen LogP contribution is 2.34. The fourth-order valence-corrected chi connectivity index (χ4v) is 2.88. The molecule has 0 spiro atoms. The molecule has 3 N–H and O–H groups in total. The molecule has 1 aromatic carbocycles. The number of nitrogens with one attached hydrogen (secondary N) is 2. The van der Waals surface area contributed by atoms with Crippen LogP contribution in [-0.2, 0) is 14.3 Å². The van der Waals surface area contributed by atoms with Gasteiger partial charge in [-0.05, 0) is 50.7 Å². The molecule has 1 aliphatic heterocycles. The maximum Gasteiger partial charge on any atom is 0.338 e. The Morgan fingerprint density at radius 3 is 2.73 bits per heavy atom. The standard InChI is InChI=1S/C18H24N2O5S/c1-4-23-8-9-25-17(22)15-11(3)19-18(26)20-16(15)12-6-7-13(21)14(10-12)24-5-2/h6-7,10,16,21H,4-5,8-9H2,1-3H3,(H2,19,20,26)/t16-/m1/s1. The minimum Gasteiger partial charge on any atom is -0.504 e. The molecule has 0 unspecified atom stereocenters. The molecule has 1 heterocycles. The zero-order valence-electron chi connectivity index (χ0n) is 15.1. The van der Waals surface area contributed by atoms with Gasteiger partial charge in [-0.2, -0.15) is 0 Å². The number of rotatable bonds is 8. The lowest BCUT2D eigenvalue weighted by Crippen LogP contribution is -2.45. The molecule has 0 radical (unpaired) electrons. The second kappa shape index (κ2) is 9.40. The van der Waals surface area contributed by atoms with Gasteiger partial charge < -0.3 is 30.0 Å². The lowest BCUT2D eigenvalue weighted by Gasteiger charge is -2.30. The Morgan fingerprint density at radius 1 is 1.27 bits per heavy atom. The van der Waals surface area contributed by atoms with Gasteiger partial charge >= 0.3 is 5.97 Å². The first kappa shape index (κ1) is 20.0. The van der Waals surface area contributed by atoms with Crippen LogP contribution in [0.2, 0.25) is 0 Å². The predicted octanol–water partition coefficient (Wildman–Crippen LogP) is 2.16. The average Bonchev–Trinajstić information content (AvgIpc) is 2.60. The van der Waals surface area contributed by atoms with Crippen molar-refractivity contribution in [2.75, 3.05) is 26.4 Å². The van der Waals surface area contributed by atoms with Crippen LogP contribution in [-0.4, -0.2) is 42.6 Å². The molecule has 142 valence electrons. The molecule has 2 rings (SSSR count). The third-order valence-corrected chi connectivity index (χ3v) is 3.99. The van der Waals surface area contributed by atoms with Crippen LogP contribution in [0.3, 0.4) is 0 Å². The number of carbonyl (C=O) groups excluding carboxylic acids is 1. The molecule has 0 fully saturated rings. The maximum atomic E-state index is 12.6. The van der Waals surface area contributed by atoms with E-state index < -0.39 is 12.0 Å². The van der Waals surface area contributed by atoms with Gasteiger partial charge in [0.2, 0.25) is 0 Å². The molecule has 1 aromatic rings. The highest BCUT2D eigenvalue weighted by molar-refractivity contribution is 7.80. The number of allylic oxidation sites excluding steroid dienone is 1. The summed E-state index contributed by atoms with van der Waals surface area (Å²) in [6.07, 6.45) is 0. The van der Waals surface area contributed by atoms with Crippen molar-refractivity contribution in [3.05, 3.63) is 35.0 Å². The first-order valence-electron chi connectivity index (χ1n) is 8.46. The predicted molar refractivity (Wildman–Crippen MR) is 101 cm³/mol. The van der Waals surface area contributed by atoms with Crippen molar-refractivity contribution in [1.29, 1.82) is 0 Å². The van der Waals surface area contributed by atoms with E-state index in [-0.39, 0.29) is 12.4 Å². The van der Waals surface area contributed by atoms with Crippen LogP contribution in [0.4, 0.5) is 0 Å². The molecule has 0 aliphatic carbocycles. The molecule has 0 amide bonds. The van der Waals surface area contributed by atoms with Gasteiger partial charge in [-0.15, -0.1) is 0 Å². The van der Waals surface area contributed by atoms with Gasteiger partial charge in [0.1, 0.15) is 6.61 Å². The number of esters is 1. The van der Waals surface area contributed by atoms with Gasteiger partial charge in [-0.25, -0.2) is 4.79 Å². The third-order valence-electron chi connectivity index (χ3n) is 3.77. The van der Waals surface area contributed by atoms with E-state index in [2.05, 4.69) is 10.6 Å². The molecule has 1 aliphatic rings. The van der Waals surface area contributed by atoms with E-state index in [1.54, 1.807) is 19.1 Å². The minimum absolute atomic E-state index is 0.0358. The van der Waals surface area contributed by atoms with E-state index in [4.69, 9.17) is 26.4 Å². The van der Waals surface area contributed by atoms with Crippen molar-refractivity contribution in [2.45, 2.75) is 26.8 Å². The average molecular weight is 380 g/mol. The van der Waals surface area contributed by atoms with E-state index in [0.717, 1.165) is 5.56 Å². The Balaban J connectivity index is 2.29. The van der Waals surface area contributed by atoms with Crippen LogP contribution in [0.5, 0.6) is 11.5 Å². The fraction of sp³-hybridized carbons (Fsp3) is 0.444. The number of ether oxygens (including phenoxy) is 3. The van der Waals surface area contributed by atoms with Gasteiger partial charge in [0.15, 0.2) is 16.6 Å². The number of hydrogen-bond donors (Lipinski definition) is 3. The summed E-state index contributed by atoms with van der Waals surface area (Å²) in [6.45, 7) is 6.95. The number of hydrogen-bond acceptors (Lipinski definition) is 6. The van der Waals surface area contributed by atoms with Crippen LogP contribution in [0.25, 0.3) is 0 Å². The quantitative estimate of drug-likeness (QED) is 0.359. The van der Waals surface area contributed by atoms with Crippen LogP contribution < -0.4 is 15.4 Å². The second-order valence-electron chi connectivity index (χ2n) is 5.56. The van der Waals surface area contributed by atoms with E-state index in [9.17, 15) is 9.90 Å². The van der Waals surface area contributed by atoms with Crippen molar-refractivity contribution in [2.24, 2.45) is 0 Å². The third kappa shape index (κ3) is 4.86. The van der Waals surface area contributed by atoms with E-state index in [0.29, 0.717) is 42.0 Å². The Hall–Kier alpha value is -2.32. The number of phenolic OH excluding ortho intramolecular Hbond substituents is 1. The summed E-state index contributed by atoms with van der Waals surface area (Å²) < 4.78 is 15.9. The first-order valence-corrected chi connectivity index (χ1v) is 8.87. The summed E-state index contributed by atoms with van der Waals surface area (Å²) in [6, 6.07) is 4.42. The van der Waals surface area contributed by atoms with Gasteiger partial charge in [-0.1, -0.05) is 6.07 Å². The topological polar surface area (TPSA) is 89.1 Å². The number of thiocarbonyl (C=S) groups is 1. The smallest absolute Gasteiger partial charge is 0.338 e. The molecular weight excluding hydrogens is 356 g/mol. The zero-order valence-corrected chi connectivity index (χ0v) is 15.9. The normalized spacial score (nSPS) is 16.7. The van der Waals surface area contributed by atoms with Crippen LogP contribution >= 0.6 is 12.2 Å². The Kier molecular flexibility index (Phi) is 7.23. The lowest BCUT2D eigenvalue weighted by molar-refractivity contribution is -0.141. The highest BCUT2D eigenvalue weighted by atomic mass is 32.1. The van der Waals surface area contributed by atoms with Crippen LogP contribution in [0.15, 0.2) is 29.5 Å². The van der Waals surface area contributed by atoms with Crippen molar-refractivity contribution in [1.82, 2.24) is 10.6 Å². The summed E-state index contributed by atoms with van der Waals surface area (Å²) >= 11 is 5.22. The van der Waals surface area contributed by atoms with E-state index in [1.807, 2.05) is 13.8 Å². The van der Waals surface area contributed by atoms with Crippen molar-refractivity contribution < 1.29 is 24.1 Å². The molecule has 0 aromatic heterocycles. The van der Waals surface area contributed by atoms with E-state index >= 15 is 0 Å². The van der Waals surface area contributed by atoms with Gasteiger partial charge in [0.25, 0.3) is 0 Å². The molecule has 0 saturated heterocycles. The highest BCUT2D eigenvalue weighted by Gasteiger charge is 2.31. The summed E-state index contributed by atoms with van der Waals surface area (Å²) in [4.78, 5) is 12.6. The summed E-state index contributed by atoms with van der Waals surface area (Å²) in [7, 11) is 0. The molecule has 8 heteroatoms. The molecule has 0 bridgehead atoms. The molecular formula is C18H24N2O5S. The monoisotopic (exact) mass is 380 g/mol. The summed E-state index contributed by atoms with van der Waals surface area (Å²) in [5.41, 5.74) is 1.76. The summed E-state index contributed by atoms with van der Waals surface area (Å²) in [5, 5.41) is 16.3. The summed E-state index contributed by atoms with van der Waals surface area (Å²) in [5.74, 6) is -0.0765. The number of phenols is 1. The molecule has 0 saturated carbocycles. The van der Waals surface area contributed by atoms with Gasteiger partial charge in [0, 0.05) is 12.3 Å². The maximum absolute atomic E-state index is 12.6. The number of aromatic hydroxyl groups is 1. The Labute approximate surface area is 158 Å². The SMILES string of the molecule is CCOCCOC(=O)C1=C(C)NC(=S)N[C@@H]1c1ccc(O)c(OCC)c1. The first-order chi connectivity index (χ1) is 12.5. The van der Waals surface area contributed by atoms with Crippen molar-refractivity contribution in [3.8, 4) is 11.5 Å². The van der Waals surface area contributed by atoms with Gasteiger partial charge in [0.05, 0.1) is 24.8 Å². The lowest BCUT2D eigenvalue weighted by atomic mass is 9.95. The van der Waals surface area contributed by atoms with Crippen molar-refractivity contribution in [3.63, 3.8) is 0 Å². The largest absolute Gasteiger partial charge is 0.504 e. The molecule has 7 nitrogen and oxygen atoms in total. The Bertz CT molecular complexity index is 705. The molecule has 1 atom stereocenters. The Morgan fingerprint density at radius 2 is 2.04 bits per heavy atom. The zero-order chi connectivity index (χ0) is 19.1. The van der Waals surface area contributed by atoms with E-state index in [1.165, 1.54) is 6.07 Å². The minimum atomic E-state index is -0.511. The van der Waals surface area contributed by atoms with Crippen LogP contribution in [0.1, 0.15) is 32.4 Å². The van der Waals surface area contributed by atoms with Gasteiger partial charge in [-0.3, -0.25) is 0 Å². The fourth-order valence-electron chi connectivity index (χ4n) is 2.61. The molecule has 26 heavy (non-hydrogen) atoms.